The molecule has 7 nitrogen and oxygen atoms in total. The van der Waals surface area contributed by atoms with Gasteiger partial charge in [0.2, 0.25) is 10.0 Å². The average Bonchev–Trinajstić information content (AvgIpc) is 3.20. The summed E-state index contributed by atoms with van der Waals surface area (Å²) in [7, 11) is -1.55. The standard InChI is InChI=1S/C28H51FN4O3S/c1-18-19(2)24(29)12-11-23(18)21-7-9-22(10-8-21)28-25-16-32(13-5-6-14-33(25)26(28)17-34)37(35,36)27-15-30-20(3)31(27)4/h18-28,30,34H,5-17H2,1-4H3/t18?,19?,20?,21?,22?,23?,24?,25?,26-,27?,28+/m1/s1. The number of halogens is 1. The summed E-state index contributed by atoms with van der Waals surface area (Å²) < 4.78 is 43.6. The molecule has 0 amide bonds. The first-order chi connectivity index (χ1) is 17.6. The van der Waals surface area contributed by atoms with Crippen LogP contribution >= 0.6 is 0 Å². The van der Waals surface area contributed by atoms with E-state index in [0.29, 0.717) is 49.2 Å². The quantitative estimate of drug-likeness (QED) is 0.556. The van der Waals surface area contributed by atoms with Crippen molar-refractivity contribution in [3.05, 3.63) is 0 Å². The molecule has 0 radical (unpaired) electrons. The third-order valence-corrected chi connectivity index (χ3v) is 13.8. The highest BCUT2D eigenvalue weighted by Gasteiger charge is 2.54. The van der Waals surface area contributed by atoms with E-state index in [2.05, 4.69) is 24.1 Å². The molecule has 2 aliphatic carbocycles. The SMILES string of the molecule is CC1C(F)CCC(C2CCC([C@H]3C4CN(S(=O)(=O)C5CNC(C)N5C)CCCCN4[C@@H]3CO)CC2)C1C. The summed E-state index contributed by atoms with van der Waals surface area (Å²) in [6.07, 6.45) is 7.71. The van der Waals surface area contributed by atoms with Crippen LogP contribution < -0.4 is 5.32 Å². The molecular formula is C28H51FN4O3S. The number of nitrogens with one attached hydrogen (secondary N) is 1. The maximum absolute atomic E-state index is 14.3. The zero-order valence-corrected chi connectivity index (χ0v) is 24.3. The van der Waals surface area contributed by atoms with Crippen molar-refractivity contribution in [2.75, 3.05) is 39.8 Å². The molecule has 7 unspecified atom stereocenters. The number of hydrogen-bond acceptors (Lipinski definition) is 6. The van der Waals surface area contributed by atoms with Gasteiger partial charge in [-0.3, -0.25) is 15.1 Å². The summed E-state index contributed by atoms with van der Waals surface area (Å²) in [5.41, 5.74) is 0. The molecule has 214 valence electrons. The lowest BCUT2D eigenvalue weighted by atomic mass is 9.60. The Bertz CT molecular complexity index is 885. The van der Waals surface area contributed by atoms with Crippen molar-refractivity contribution in [2.24, 2.45) is 35.5 Å². The molecule has 5 rings (SSSR count). The van der Waals surface area contributed by atoms with Crippen molar-refractivity contribution in [2.45, 2.75) is 102 Å². The first kappa shape index (κ1) is 28.2. The van der Waals surface area contributed by atoms with Gasteiger partial charge in [-0.15, -0.1) is 0 Å². The van der Waals surface area contributed by atoms with E-state index in [4.69, 9.17) is 0 Å². The molecule has 3 heterocycles. The molecule has 5 fully saturated rings. The Kier molecular flexibility index (Phi) is 8.60. The van der Waals surface area contributed by atoms with E-state index in [9.17, 15) is 17.9 Å². The predicted octanol–water partition coefficient (Wildman–Crippen LogP) is 3.11. The van der Waals surface area contributed by atoms with Gasteiger partial charge in [0.15, 0.2) is 0 Å². The van der Waals surface area contributed by atoms with Gasteiger partial charge >= 0.3 is 0 Å². The van der Waals surface area contributed by atoms with Gasteiger partial charge in [0.25, 0.3) is 0 Å². The van der Waals surface area contributed by atoms with Crippen LogP contribution in [0.5, 0.6) is 0 Å². The summed E-state index contributed by atoms with van der Waals surface area (Å²) >= 11 is 0. The Morgan fingerprint density at radius 2 is 1.62 bits per heavy atom. The molecule has 9 atom stereocenters. The first-order valence-corrected chi connectivity index (χ1v) is 16.6. The van der Waals surface area contributed by atoms with Crippen LogP contribution in [0.2, 0.25) is 0 Å². The van der Waals surface area contributed by atoms with Gasteiger partial charge < -0.3 is 5.11 Å². The Balaban J connectivity index is 1.26. The number of hydrogen-bond donors (Lipinski definition) is 2. The number of sulfonamides is 1. The predicted molar refractivity (Wildman–Crippen MR) is 145 cm³/mol. The van der Waals surface area contributed by atoms with Crippen LogP contribution in [0.25, 0.3) is 0 Å². The molecule has 9 heteroatoms. The lowest BCUT2D eigenvalue weighted by Gasteiger charge is -2.60. The van der Waals surface area contributed by atoms with Gasteiger partial charge in [0.1, 0.15) is 11.5 Å². The summed E-state index contributed by atoms with van der Waals surface area (Å²) in [6.45, 7) is 9.11. The van der Waals surface area contributed by atoms with Crippen LogP contribution in [0.3, 0.4) is 0 Å². The van der Waals surface area contributed by atoms with Crippen LogP contribution in [0, 0.1) is 35.5 Å². The minimum absolute atomic E-state index is 0.0575. The minimum Gasteiger partial charge on any atom is -0.395 e. The Morgan fingerprint density at radius 3 is 2.27 bits per heavy atom. The van der Waals surface area contributed by atoms with Crippen LogP contribution in [-0.2, 0) is 10.0 Å². The molecule has 37 heavy (non-hydrogen) atoms. The van der Waals surface area contributed by atoms with Crippen molar-refractivity contribution in [3.63, 3.8) is 0 Å². The zero-order chi connectivity index (χ0) is 26.5. The smallest absolute Gasteiger partial charge is 0.231 e. The average molecular weight is 543 g/mol. The van der Waals surface area contributed by atoms with E-state index >= 15 is 0 Å². The molecule has 0 spiro atoms. The number of likely N-dealkylation sites (N-methyl/N-ethyl adjacent to an activating group) is 1. The zero-order valence-electron chi connectivity index (χ0n) is 23.4. The highest BCUT2D eigenvalue weighted by atomic mass is 32.2. The van der Waals surface area contributed by atoms with Gasteiger partial charge in [-0.2, -0.15) is 4.31 Å². The van der Waals surface area contributed by atoms with Crippen LogP contribution in [0.4, 0.5) is 4.39 Å². The van der Waals surface area contributed by atoms with Gasteiger partial charge in [0, 0.05) is 31.7 Å². The topological polar surface area (TPSA) is 76.1 Å². The number of aliphatic hydroxyl groups excluding tert-OH is 1. The molecule has 3 aliphatic heterocycles. The van der Waals surface area contributed by atoms with E-state index in [1.165, 1.54) is 12.8 Å². The van der Waals surface area contributed by atoms with Gasteiger partial charge in [-0.05, 0) is 107 Å². The van der Waals surface area contributed by atoms with Crippen molar-refractivity contribution in [1.29, 1.82) is 0 Å². The van der Waals surface area contributed by atoms with Gasteiger partial charge in [0.05, 0.1) is 12.8 Å². The lowest BCUT2D eigenvalue weighted by molar-refractivity contribution is -0.124. The fourth-order valence-corrected chi connectivity index (χ4v) is 10.9. The minimum atomic E-state index is -3.45. The van der Waals surface area contributed by atoms with Crippen molar-refractivity contribution in [1.82, 2.24) is 19.4 Å². The molecule has 2 saturated carbocycles. The third-order valence-electron chi connectivity index (χ3n) is 11.6. The second-order valence-electron chi connectivity index (χ2n) is 13.1. The maximum Gasteiger partial charge on any atom is 0.231 e. The van der Waals surface area contributed by atoms with Gasteiger partial charge in [-0.1, -0.05) is 13.8 Å². The third kappa shape index (κ3) is 5.15. The number of aliphatic hydroxyl groups is 1. The van der Waals surface area contributed by atoms with Crippen molar-refractivity contribution < 1.29 is 17.9 Å². The van der Waals surface area contributed by atoms with E-state index in [1.54, 1.807) is 4.31 Å². The maximum atomic E-state index is 14.3. The Labute approximate surface area is 224 Å². The number of rotatable bonds is 5. The van der Waals surface area contributed by atoms with Crippen molar-refractivity contribution >= 4 is 10.0 Å². The van der Waals surface area contributed by atoms with E-state index in [1.807, 2.05) is 18.9 Å². The fourth-order valence-electron chi connectivity index (χ4n) is 8.89. The Hall–Kier alpha value is -0.320. The molecule has 2 N–H and O–H groups in total. The largest absolute Gasteiger partial charge is 0.395 e. The van der Waals surface area contributed by atoms with Crippen molar-refractivity contribution in [3.8, 4) is 0 Å². The number of alkyl halides is 1. The molecule has 0 aromatic rings. The van der Waals surface area contributed by atoms with Gasteiger partial charge in [-0.25, -0.2) is 12.8 Å². The van der Waals surface area contributed by atoms with Crippen LogP contribution in [0.15, 0.2) is 0 Å². The molecular weight excluding hydrogens is 491 g/mol. The van der Waals surface area contributed by atoms with Crippen LogP contribution in [-0.4, -0.2) is 97.3 Å². The number of fused-ring (bicyclic) bond motifs is 1. The molecule has 0 bridgehead atoms. The van der Waals surface area contributed by atoms with E-state index < -0.39 is 21.6 Å². The van der Waals surface area contributed by atoms with E-state index in [-0.39, 0.29) is 30.8 Å². The molecule has 0 aromatic carbocycles. The van der Waals surface area contributed by atoms with E-state index in [0.717, 1.165) is 45.1 Å². The second kappa shape index (κ2) is 11.3. The molecule has 3 saturated heterocycles. The second-order valence-corrected chi connectivity index (χ2v) is 15.2. The summed E-state index contributed by atoms with van der Waals surface area (Å²) in [5, 5.41) is 13.2. The normalized spacial score (nSPS) is 47.1. The summed E-state index contributed by atoms with van der Waals surface area (Å²) in [4.78, 5) is 4.37. The summed E-state index contributed by atoms with van der Waals surface area (Å²) in [6, 6.07) is 0.359. The lowest BCUT2D eigenvalue weighted by Crippen LogP contribution is -2.71. The number of nitrogens with zero attached hydrogens (tertiary/aromatic N) is 3. The monoisotopic (exact) mass is 542 g/mol. The fraction of sp³-hybridized carbons (Fsp3) is 1.00. The highest BCUT2D eigenvalue weighted by Crippen LogP contribution is 2.50. The Morgan fingerprint density at radius 1 is 0.946 bits per heavy atom. The van der Waals surface area contributed by atoms with Crippen LogP contribution in [0.1, 0.15) is 72.1 Å². The molecule has 5 aliphatic rings. The highest BCUT2D eigenvalue weighted by molar-refractivity contribution is 7.89. The first-order valence-electron chi connectivity index (χ1n) is 15.1. The summed E-state index contributed by atoms with van der Waals surface area (Å²) in [5.74, 6) is 2.83. The molecule has 0 aromatic heterocycles.